The van der Waals surface area contributed by atoms with Crippen LogP contribution in [0.4, 0.5) is 5.82 Å². The monoisotopic (exact) mass is 456 g/mol. The Balaban J connectivity index is 1.50. The zero-order valence-corrected chi connectivity index (χ0v) is 19.7. The van der Waals surface area contributed by atoms with Crippen LogP contribution in [0.1, 0.15) is 35.6 Å². The highest BCUT2D eigenvalue weighted by atomic mass is 16.2. The molecule has 2 aliphatic rings. The molecule has 8 nitrogen and oxygen atoms in total. The van der Waals surface area contributed by atoms with Crippen LogP contribution in [0.25, 0.3) is 10.9 Å². The Labute approximate surface area is 198 Å². The van der Waals surface area contributed by atoms with Crippen molar-refractivity contribution in [2.24, 2.45) is 10.9 Å². The number of aryl methyl sites for hydroxylation is 1. The summed E-state index contributed by atoms with van der Waals surface area (Å²) in [5, 5.41) is 4.21. The lowest BCUT2D eigenvalue weighted by molar-refractivity contribution is -0.119. The smallest absolute Gasteiger partial charge is 0.270 e. The number of amides is 2. The topological polar surface area (TPSA) is 90.8 Å². The van der Waals surface area contributed by atoms with E-state index in [4.69, 9.17) is 9.97 Å². The minimum atomic E-state index is -0.540. The van der Waals surface area contributed by atoms with Crippen molar-refractivity contribution in [2.75, 3.05) is 25.0 Å². The predicted molar refractivity (Wildman–Crippen MR) is 132 cm³/mol. The maximum atomic E-state index is 13.3. The molecule has 174 valence electrons. The highest BCUT2D eigenvalue weighted by Crippen LogP contribution is 2.25. The lowest BCUT2D eigenvalue weighted by Crippen LogP contribution is -2.53. The third-order valence-corrected chi connectivity index (χ3v) is 6.37. The van der Waals surface area contributed by atoms with Crippen molar-refractivity contribution in [2.45, 2.75) is 33.4 Å². The second-order valence-electron chi connectivity index (χ2n) is 9.25. The summed E-state index contributed by atoms with van der Waals surface area (Å²) in [6.07, 6.45) is 0. The van der Waals surface area contributed by atoms with Crippen LogP contribution in [0.2, 0.25) is 0 Å². The number of nitrogens with zero attached hydrogens (tertiary/aromatic N) is 5. The Morgan fingerprint density at radius 2 is 1.79 bits per heavy atom. The lowest BCUT2D eigenvalue weighted by atomic mass is 10.0. The van der Waals surface area contributed by atoms with Crippen LogP contribution in [-0.4, -0.2) is 63.1 Å². The molecule has 1 aromatic heterocycles. The zero-order valence-electron chi connectivity index (χ0n) is 19.7. The second-order valence-corrected chi connectivity index (χ2v) is 9.25. The molecule has 8 heteroatoms. The van der Waals surface area contributed by atoms with Gasteiger partial charge in [0.15, 0.2) is 5.82 Å². The number of rotatable bonds is 2. The fraction of sp³-hybridized carbons (Fsp3) is 0.346. The quantitative estimate of drug-likeness (QED) is 0.637. The van der Waals surface area contributed by atoms with E-state index in [1.54, 1.807) is 4.90 Å². The van der Waals surface area contributed by atoms with Gasteiger partial charge in [-0.1, -0.05) is 43.7 Å². The first-order valence-corrected chi connectivity index (χ1v) is 11.6. The Morgan fingerprint density at radius 1 is 1.03 bits per heavy atom. The van der Waals surface area contributed by atoms with Crippen LogP contribution in [0, 0.1) is 12.8 Å². The molecule has 1 atom stereocenters. The molecule has 0 unspecified atom stereocenters. The van der Waals surface area contributed by atoms with E-state index in [0.717, 1.165) is 16.5 Å². The van der Waals surface area contributed by atoms with Gasteiger partial charge in [-0.15, -0.1) is 0 Å². The fourth-order valence-corrected chi connectivity index (χ4v) is 4.38. The summed E-state index contributed by atoms with van der Waals surface area (Å²) in [7, 11) is 0. The van der Waals surface area contributed by atoms with E-state index < -0.39 is 6.04 Å². The number of benzene rings is 2. The van der Waals surface area contributed by atoms with Gasteiger partial charge in [0.1, 0.15) is 17.7 Å². The Bertz CT molecular complexity index is 1280. The molecule has 5 rings (SSSR count). The van der Waals surface area contributed by atoms with Gasteiger partial charge in [-0.05, 0) is 37.1 Å². The molecule has 0 saturated carbocycles. The normalized spacial score (nSPS) is 18.4. The lowest BCUT2D eigenvalue weighted by Gasteiger charge is -2.37. The van der Waals surface area contributed by atoms with E-state index in [1.165, 1.54) is 0 Å². The number of aliphatic imine (C=N–C) groups is 1. The summed E-state index contributed by atoms with van der Waals surface area (Å²) in [6, 6.07) is 14.8. The number of amidine groups is 1. The Morgan fingerprint density at radius 3 is 2.56 bits per heavy atom. The van der Waals surface area contributed by atoms with E-state index in [9.17, 15) is 9.59 Å². The average molecular weight is 457 g/mol. The van der Waals surface area contributed by atoms with Gasteiger partial charge < -0.3 is 15.1 Å². The molecular formula is C26H28N6O2. The van der Waals surface area contributed by atoms with Crippen LogP contribution < -0.4 is 5.32 Å². The fourth-order valence-electron chi connectivity index (χ4n) is 4.38. The van der Waals surface area contributed by atoms with E-state index in [0.29, 0.717) is 42.7 Å². The molecule has 2 amide bonds. The number of para-hydroxylation sites is 1. The van der Waals surface area contributed by atoms with Crippen molar-refractivity contribution in [3.63, 3.8) is 0 Å². The molecule has 34 heavy (non-hydrogen) atoms. The third kappa shape index (κ3) is 4.23. The summed E-state index contributed by atoms with van der Waals surface area (Å²) in [5.41, 5.74) is 2.57. The molecule has 1 fully saturated rings. The Kier molecular flexibility index (Phi) is 5.73. The molecule has 0 spiro atoms. The van der Waals surface area contributed by atoms with Gasteiger partial charge in [0.05, 0.1) is 18.6 Å². The predicted octanol–water partition coefficient (Wildman–Crippen LogP) is 3.27. The number of carbonyl (C=O) groups excluding carboxylic acids is 2. The molecule has 1 saturated heterocycles. The number of piperazine rings is 1. The van der Waals surface area contributed by atoms with E-state index in [1.807, 2.05) is 74.2 Å². The molecule has 1 N–H and O–H groups in total. The highest BCUT2D eigenvalue weighted by Gasteiger charge is 2.31. The first-order valence-electron chi connectivity index (χ1n) is 11.6. The van der Waals surface area contributed by atoms with Crippen molar-refractivity contribution < 1.29 is 9.59 Å². The summed E-state index contributed by atoms with van der Waals surface area (Å²) in [6.45, 7) is 7.73. The number of aromatic nitrogens is 2. The van der Waals surface area contributed by atoms with Gasteiger partial charge in [0, 0.05) is 24.0 Å². The second kappa shape index (κ2) is 8.85. The summed E-state index contributed by atoms with van der Waals surface area (Å²) in [5.74, 6) is 1.56. The number of nitrogens with one attached hydrogen (secondary N) is 1. The molecule has 2 aliphatic heterocycles. The van der Waals surface area contributed by atoms with Gasteiger partial charge >= 0.3 is 0 Å². The SMILES string of the molecule is Cc1ccc(C(=O)N2CCN3Cc4nc(c5ccccc5n4)N[C@@H](C(C)C)C(=O)N=C3C2)cc1. The van der Waals surface area contributed by atoms with Crippen molar-refractivity contribution in [1.29, 1.82) is 0 Å². The van der Waals surface area contributed by atoms with Crippen LogP contribution in [0.5, 0.6) is 0 Å². The summed E-state index contributed by atoms with van der Waals surface area (Å²) in [4.78, 5) is 44.3. The van der Waals surface area contributed by atoms with E-state index in [2.05, 4.69) is 10.3 Å². The zero-order chi connectivity index (χ0) is 23.8. The molecular weight excluding hydrogens is 428 g/mol. The third-order valence-electron chi connectivity index (χ3n) is 6.37. The van der Waals surface area contributed by atoms with Gasteiger partial charge in [0.2, 0.25) is 0 Å². The van der Waals surface area contributed by atoms with Crippen LogP contribution in [0.15, 0.2) is 53.5 Å². The van der Waals surface area contributed by atoms with Crippen LogP contribution in [0.3, 0.4) is 0 Å². The van der Waals surface area contributed by atoms with Crippen molar-refractivity contribution in [1.82, 2.24) is 19.8 Å². The highest BCUT2D eigenvalue weighted by molar-refractivity contribution is 6.03. The maximum absolute atomic E-state index is 13.3. The number of hydrogen-bond acceptors (Lipinski definition) is 6. The van der Waals surface area contributed by atoms with Crippen molar-refractivity contribution in [3.05, 3.63) is 65.5 Å². The van der Waals surface area contributed by atoms with E-state index in [-0.39, 0.29) is 24.3 Å². The van der Waals surface area contributed by atoms with Gasteiger partial charge in [-0.25, -0.2) is 9.97 Å². The molecule has 3 heterocycles. The number of fused-ring (bicyclic) bond motifs is 5. The van der Waals surface area contributed by atoms with E-state index >= 15 is 0 Å². The molecule has 2 bridgehead atoms. The number of anilines is 1. The summed E-state index contributed by atoms with van der Waals surface area (Å²) >= 11 is 0. The molecule has 0 aliphatic carbocycles. The molecule has 0 radical (unpaired) electrons. The molecule has 3 aromatic rings. The van der Waals surface area contributed by atoms with Gasteiger partial charge in [-0.2, -0.15) is 4.99 Å². The number of carbonyl (C=O) groups is 2. The Hall–Kier alpha value is -3.81. The number of hydrogen-bond donors (Lipinski definition) is 1. The maximum Gasteiger partial charge on any atom is 0.270 e. The first kappa shape index (κ1) is 22.0. The minimum Gasteiger partial charge on any atom is -0.357 e. The van der Waals surface area contributed by atoms with Crippen molar-refractivity contribution in [3.8, 4) is 0 Å². The summed E-state index contributed by atoms with van der Waals surface area (Å²) < 4.78 is 0. The van der Waals surface area contributed by atoms with Gasteiger partial charge in [-0.3, -0.25) is 9.59 Å². The van der Waals surface area contributed by atoms with Crippen LogP contribution in [-0.2, 0) is 11.3 Å². The minimum absolute atomic E-state index is 0.00390. The average Bonchev–Trinajstić information content (AvgIpc) is 2.83. The first-order chi connectivity index (χ1) is 16.4. The largest absolute Gasteiger partial charge is 0.357 e. The van der Waals surface area contributed by atoms with Crippen LogP contribution >= 0.6 is 0 Å². The molecule has 2 aromatic carbocycles. The van der Waals surface area contributed by atoms with Crippen molar-refractivity contribution >= 4 is 34.4 Å². The van der Waals surface area contributed by atoms with Gasteiger partial charge in [0.25, 0.3) is 11.8 Å². The standard InChI is InChI=1S/C26H28N6O2/c1-16(2)23-25(33)29-22-15-32(26(34)18-10-8-17(3)9-11-18)13-12-31(22)14-21-27-20-7-5-4-6-19(20)24(28-21)30-23/h4-11,16,23H,12-15H2,1-3H3,(H,27,28,30)/t23-/m0/s1.